The molecule has 0 saturated carbocycles. The average molecular weight is 218 g/mol. The fraction of sp³-hybridized carbons (Fsp3) is 0.500. The van der Waals surface area contributed by atoms with Crippen LogP contribution >= 0.6 is 0 Å². The summed E-state index contributed by atoms with van der Waals surface area (Å²) in [5.41, 5.74) is 1.95. The van der Waals surface area contributed by atoms with E-state index in [1.807, 2.05) is 18.3 Å². The Kier molecular flexibility index (Phi) is 3.19. The third kappa shape index (κ3) is 1.80. The number of imidazole rings is 1. The first-order valence-corrected chi connectivity index (χ1v) is 5.82. The lowest BCUT2D eigenvalue weighted by Crippen LogP contribution is -2.21. The fourth-order valence-electron chi connectivity index (χ4n) is 2.02. The SMILES string of the molecule is CCNC(C)c1nc2cccnc2n1CC. The van der Waals surface area contributed by atoms with E-state index in [1.165, 1.54) is 0 Å². The summed E-state index contributed by atoms with van der Waals surface area (Å²) in [7, 11) is 0. The Bertz CT molecular complexity index is 475. The molecule has 0 radical (unpaired) electrons. The molecule has 0 bridgehead atoms. The molecule has 0 aliphatic heterocycles. The predicted molar refractivity (Wildman–Crippen MR) is 65.3 cm³/mol. The molecule has 0 aliphatic carbocycles. The normalized spacial score (nSPS) is 13.2. The van der Waals surface area contributed by atoms with Gasteiger partial charge < -0.3 is 9.88 Å². The molecule has 0 saturated heterocycles. The first kappa shape index (κ1) is 11.1. The highest BCUT2D eigenvalue weighted by atomic mass is 15.2. The molecule has 1 N–H and O–H groups in total. The zero-order valence-corrected chi connectivity index (χ0v) is 10.1. The first-order chi connectivity index (χ1) is 7.77. The van der Waals surface area contributed by atoms with Crippen molar-refractivity contribution in [2.24, 2.45) is 0 Å². The smallest absolute Gasteiger partial charge is 0.160 e. The Morgan fingerprint density at radius 3 is 2.94 bits per heavy atom. The molecule has 16 heavy (non-hydrogen) atoms. The number of hydrogen-bond acceptors (Lipinski definition) is 3. The lowest BCUT2D eigenvalue weighted by Gasteiger charge is -2.13. The van der Waals surface area contributed by atoms with Gasteiger partial charge in [-0.2, -0.15) is 0 Å². The van der Waals surface area contributed by atoms with E-state index in [0.717, 1.165) is 30.1 Å². The van der Waals surface area contributed by atoms with Crippen molar-refractivity contribution >= 4 is 11.2 Å². The summed E-state index contributed by atoms with van der Waals surface area (Å²) in [4.78, 5) is 9.03. The van der Waals surface area contributed by atoms with E-state index in [-0.39, 0.29) is 6.04 Å². The maximum atomic E-state index is 4.64. The summed E-state index contributed by atoms with van der Waals surface area (Å²) in [5.74, 6) is 1.07. The van der Waals surface area contributed by atoms with Crippen molar-refractivity contribution in [3.63, 3.8) is 0 Å². The van der Waals surface area contributed by atoms with Gasteiger partial charge in [0.1, 0.15) is 11.3 Å². The van der Waals surface area contributed by atoms with Crippen molar-refractivity contribution in [1.29, 1.82) is 0 Å². The van der Waals surface area contributed by atoms with E-state index in [0.29, 0.717) is 0 Å². The zero-order valence-electron chi connectivity index (χ0n) is 10.1. The van der Waals surface area contributed by atoms with Crippen molar-refractivity contribution < 1.29 is 0 Å². The van der Waals surface area contributed by atoms with Crippen LogP contribution in [0.5, 0.6) is 0 Å². The summed E-state index contributed by atoms with van der Waals surface area (Å²) in [5, 5.41) is 3.39. The molecule has 2 aromatic heterocycles. The zero-order chi connectivity index (χ0) is 11.5. The molecule has 1 atom stereocenters. The van der Waals surface area contributed by atoms with Gasteiger partial charge in [-0.05, 0) is 32.5 Å². The topological polar surface area (TPSA) is 42.7 Å². The molecule has 2 rings (SSSR count). The quantitative estimate of drug-likeness (QED) is 0.854. The van der Waals surface area contributed by atoms with Gasteiger partial charge in [0, 0.05) is 12.7 Å². The number of pyridine rings is 1. The van der Waals surface area contributed by atoms with Crippen molar-refractivity contribution in [3.05, 3.63) is 24.2 Å². The lowest BCUT2D eigenvalue weighted by atomic mass is 10.3. The van der Waals surface area contributed by atoms with Crippen LogP contribution in [0, 0.1) is 0 Å². The van der Waals surface area contributed by atoms with Gasteiger partial charge in [-0.1, -0.05) is 6.92 Å². The van der Waals surface area contributed by atoms with Crippen LogP contribution in [0.4, 0.5) is 0 Å². The molecule has 86 valence electrons. The second kappa shape index (κ2) is 4.61. The van der Waals surface area contributed by atoms with Crippen molar-refractivity contribution in [3.8, 4) is 0 Å². The van der Waals surface area contributed by atoms with Gasteiger partial charge in [0.15, 0.2) is 5.65 Å². The summed E-state index contributed by atoms with van der Waals surface area (Å²) in [6, 6.07) is 4.20. The third-order valence-corrected chi connectivity index (χ3v) is 2.75. The van der Waals surface area contributed by atoms with Crippen LogP contribution in [0.2, 0.25) is 0 Å². The van der Waals surface area contributed by atoms with Crippen LogP contribution in [0.15, 0.2) is 18.3 Å². The van der Waals surface area contributed by atoms with E-state index in [4.69, 9.17) is 0 Å². The molecule has 0 fully saturated rings. The molecule has 1 unspecified atom stereocenters. The van der Waals surface area contributed by atoms with Gasteiger partial charge in [-0.25, -0.2) is 9.97 Å². The number of nitrogens with zero attached hydrogens (tertiary/aromatic N) is 3. The summed E-state index contributed by atoms with van der Waals surface area (Å²) >= 11 is 0. The van der Waals surface area contributed by atoms with E-state index >= 15 is 0 Å². The first-order valence-electron chi connectivity index (χ1n) is 5.82. The highest BCUT2D eigenvalue weighted by Crippen LogP contribution is 2.18. The molecule has 0 amide bonds. The number of aryl methyl sites for hydroxylation is 1. The van der Waals surface area contributed by atoms with Crippen LogP contribution in [0.1, 0.15) is 32.6 Å². The Morgan fingerprint density at radius 1 is 1.44 bits per heavy atom. The molecule has 0 aromatic carbocycles. The van der Waals surface area contributed by atoms with E-state index < -0.39 is 0 Å². The molecule has 2 heterocycles. The summed E-state index contributed by atoms with van der Waals surface area (Å²) in [6.45, 7) is 8.21. The summed E-state index contributed by atoms with van der Waals surface area (Å²) in [6.07, 6.45) is 1.82. The third-order valence-electron chi connectivity index (χ3n) is 2.75. The minimum Gasteiger partial charge on any atom is -0.312 e. The Balaban J connectivity index is 2.51. The monoisotopic (exact) mass is 218 g/mol. The molecule has 4 nitrogen and oxygen atoms in total. The van der Waals surface area contributed by atoms with Gasteiger partial charge in [-0.15, -0.1) is 0 Å². The van der Waals surface area contributed by atoms with Crippen molar-refractivity contribution in [2.75, 3.05) is 6.54 Å². The Morgan fingerprint density at radius 2 is 2.25 bits per heavy atom. The molecule has 2 aromatic rings. The van der Waals surface area contributed by atoms with Crippen LogP contribution in [0.3, 0.4) is 0 Å². The van der Waals surface area contributed by atoms with Crippen molar-refractivity contribution in [2.45, 2.75) is 33.4 Å². The summed E-state index contributed by atoms with van der Waals surface area (Å²) < 4.78 is 2.17. The van der Waals surface area contributed by atoms with Crippen LogP contribution in [-0.4, -0.2) is 21.1 Å². The number of hydrogen-bond donors (Lipinski definition) is 1. The highest BCUT2D eigenvalue weighted by Gasteiger charge is 2.14. The van der Waals surface area contributed by atoms with E-state index in [1.54, 1.807) is 0 Å². The van der Waals surface area contributed by atoms with Gasteiger partial charge in [0.25, 0.3) is 0 Å². The van der Waals surface area contributed by atoms with Gasteiger partial charge in [0.05, 0.1) is 6.04 Å². The van der Waals surface area contributed by atoms with Crippen LogP contribution in [0.25, 0.3) is 11.2 Å². The van der Waals surface area contributed by atoms with E-state index in [2.05, 4.69) is 40.6 Å². The van der Waals surface area contributed by atoms with Gasteiger partial charge >= 0.3 is 0 Å². The number of fused-ring (bicyclic) bond motifs is 1. The number of rotatable bonds is 4. The van der Waals surface area contributed by atoms with Gasteiger partial charge in [0.2, 0.25) is 0 Å². The standard InChI is InChI=1S/C12H18N4/c1-4-13-9(3)11-15-10-7-6-8-14-12(10)16(11)5-2/h6-9,13H,4-5H2,1-3H3. The second-order valence-electron chi connectivity index (χ2n) is 3.84. The molecule has 4 heteroatoms. The van der Waals surface area contributed by atoms with Crippen LogP contribution in [-0.2, 0) is 6.54 Å². The minimum atomic E-state index is 0.263. The predicted octanol–water partition coefficient (Wildman–Crippen LogP) is 2.12. The van der Waals surface area contributed by atoms with Crippen molar-refractivity contribution in [1.82, 2.24) is 19.9 Å². The maximum absolute atomic E-state index is 4.64. The van der Waals surface area contributed by atoms with Gasteiger partial charge in [-0.3, -0.25) is 0 Å². The maximum Gasteiger partial charge on any atom is 0.160 e. The average Bonchev–Trinajstić information content (AvgIpc) is 2.67. The second-order valence-corrected chi connectivity index (χ2v) is 3.84. The fourth-order valence-corrected chi connectivity index (χ4v) is 2.02. The number of nitrogens with one attached hydrogen (secondary N) is 1. The molecule has 0 aliphatic rings. The minimum absolute atomic E-state index is 0.263. The molecule has 0 spiro atoms. The van der Waals surface area contributed by atoms with Crippen LogP contribution < -0.4 is 5.32 Å². The molecular weight excluding hydrogens is 200 g/mol. The Labute approximate surface area is 95.7 Å². The number of aromatic nitrogens is 3. The lowest BCUT2D eigenvalue weighted by molar-refractivity contribution is 0.537. The molecular formula is C12H18N4. The van der Waals surface area contributed by atoms with E-state index in [9.17, 15) is 0 Å². The highest BCUT2D eigenvalue weighted by molar-refractivity contribution is 5.71. The largest absolute Gasteiger partial charge is 0.312 e. The Hall–Kier alpha value is -1.42.